The van der Waals surface area contributed by atoms with Crippen molar-refractivity contribution >= 4 is 17.1 Å². The lowest BCUT2D eigenvalue weighted by Crippen LogP contribution is -2.18. The van der Waals surface area contributed by atoms with Crippen LogP contribution >= 0.6 is 0 Å². The van der Waals surface area contributed by atoms with Gasteiger partial charge in [0.25, 0.3) is 0 Å². The van der Waals surface area contributed by atoms with Gasteiger partial charge in [-0.3, -0.25) is 0 Å². The first kappa shape index (κ1) is 31.3. The van der Waals surface area contributed by atoms with Gasteiger partial charge in [0, 0.05) is 27.6 Å². The van der Waals surface area contributed by atoms with E-state index < -0.39 is 0 Å². The molecule has 7 aromatic carbocycles. The van der Waals surface area contributed by atoms with Crippen molar-refractivity contribution in [1.29, 1.82) is 0 Å². The summed E-state index contributed by atoms with van der Waals surface area (Å²) < 4.78 is 0. The van der Waals surface area contributed by atoms with E-state index in [1.54, 1.807) is 0 Å². The van der Waals surface area contributed by atoms with Crippen molar-refractivity contribution in [3.05, 3.63) is 185 Å². The zero-order valence-electron chi connectivity index (χ0n) is 30.4. The van der Waals surface area contributed by atoms with Crippen LogP contribution in [0.25, 0.3) is 44.5 Å². The van der Waals surface area contributed by atoms with Crippen molar-refractivity contribution in [2.75, 3.05) is 4.90 Å². The minimum Gasteiger partial charge on any atom is -0.309 e. The Bertz CT molecular complexity index is 2480. The molecule has 0 fully saturated rings. The second kappa shape index (κ2) is 11.4. The number of fused-ring (bicyclic) bond motifs is 6. The zero-order chi connectivity index (χ0) is 35.1. The monoisotopic (exact) mass is 657 g/mol. The van der Waals surface area contributed by atoms with Crippen LogP contribution in [0.2, 0.25) is 0 Å². The van der Waals surface area contributed by atoms with Crippen molar-refractivity contribution in [2.45, 2.75) is 52.4 Å². The largest absolute Gasteiger partial charge is 0.309 e. The van der Waals surface area contributed by atoms with E-state index in [9.17, 15) is 0 Å². The van der Waals surface area contributed by atoms with Gasteiger partial charge in [-0.2, -0.15) is 0 Å². The smallest absolute Gasteiger partial charge is 0.0543 e. The van der Waals surface area contributed by atoms with Crippen molar-refractivity contribution in [1.82, 2.24) is 0 Å². The van der Waals surface area contributed by atoms with Gasteiger partial charge in [-0.15, -0.1) is 0 Å². The highest BCUT2D eigenvalue weighted by molar-refractivity contribution is 5.99. The Morgan fingerprint density at radius 2 is 0.961 bits per heavy atom. The molecule has 0 spiro atoms. The van der Waals surface area contributed by atoms with E-state index in [2.05, 4.69) is 198 Å². The molecule has 0 bridgehead atoms. The molecule has 1 nitrogen and oxygen atoms in total. The van der Waals surface area contributed by atoms with Crippen LogP contribution in [0, 0.1) is 13.8 Å². The Morgan fingerprint density at radius 3 is 1.71 bits per heavy atom. The fraction of sp³-hybridized carbons (Fsp3) is 0.160. The minimum absolute atomic E-state index is 0.109. The van der Waals surface area contributed by atoms with Crippen molar-refractivity contribution in [3.63, 3.8) is 0 Å². The molecule has 1 heteroatoms. The predicted molar refractivity (Wildman–Crippen MR) is 217 cm³/mol. The molecule has 2 aliphatic carbocycles. The van der Waals surface area contributed by atoms with Crippen LogP contribution in [0.3, 0.4) is 0 Å². The van der Waals surface area contributed by atoms with Crippen LogP contribution in [-0.2, 0) is 10.8 Å². The lowest BCUT2D eigenvalue weighted by Gasteiger charge is -2.32. The number of hydrogen-bond acceptors (Lipinski definition) is 1. The molecule has 0 saturated carbocycles. The third kappa shape index (κ3) is 4.68. The van der Waals surface area contributed by atoms with E-state index in [0.29, 0.717) is 0 Å². The molecule has 0 saturated heterocycles. The summed E-state index contributed by atoms with van der Waals surface area (Å²) in [5.74, 6) is 0. The van der Waals surface area contributed by atoms with Crippen LogP contribution in [0.5, 0.6) is 0 Å². The van der Waals surface area contributed by atoms with Gasteiger partial charge in [0.05, 0.1) is 11.4 Å². The van der Waals surface area contributed by atoms with Gasteiger partial charge < -0.3 is 4.90 Å². The maximum absolute atomic E-state index is 2.56. The summed E-state index contributed by atoms with van der Waals surface area (Å²) in [4.78, 5) is 2.56. The molecule has 2 aliphatic rings. The van der Waals surface area contributed by atoms with Crippen LogP contribution in [-0.4, -0.2) is 0 Å². The molecular formula is C50H43N. The molecule has 0 atom stereocenters. The lowest BCUT2D eigenvalue weighted by atomic mass is 9.82. The highest BCUT2D eigenvalue weighted by Crippen LogP contribution is 2.56. The fourth-order valence-electron chi connectivity index (χ4n) is 9.14. The van der Waals surface area contributed by atoms with E-state index >= 15 is 0 Å². The Morgan fingerprint density at radius 1 is 0.373 bits per heavy atom. The number of rotatable bonds is 5. The molecule has 0 heterocycles. The van der Waals surface area contributed by atoms with E-state index in [0.717, 1.165) is 0 Å². The molecule has 51 heavy (non-hydrogen) atoms. The molecule has 0 radical (unpaired) electrons. The van der Waals surface area contributed by atoms with E-state index in [1.807, 2.05) is 0 Å². The zero-order valence-corrected chi connectivity index (χ0v) is 30.4. The molecule has 0 amide bonds. The first-order chi connectivity index (χ1) is 24.7. The van der Waals surface area contributed by atoms with Gasteiger partial charge in [0.1, 0.15) is 0 Å². The number of aryl methyl sites for hydroxylation is 2. The van der Waals surface area contributed by atoms with E-state index in [4.69, 9.17) is 0 Å². The summed E-state index contributed by atoms with van der Waals surface area (Å²) in [7, 11) is 0. The molecule has 248 valence electrons. The molecule has 0 aliphatic heterocycles. The first-order valence-corrected chi connectivity index (χ1v) is 18.2. The van der Waals surface area contributed by atoms with Crippen molar-refractivity contribution in [2.24, 2.45) is 0 Å². The molecule has 9 rings (SSSR count). The Balaban J connectivity index is 1.37. The fourth-order valence-corrected chi connectivity index (χ4v) is 9.14. The van der Waals surface area contributed by atoms with Crippen LogP contribution in [0.15, 0.2) is 152 Å². The van der Waals surface area contributed by atoms with Gasteiger partial charge >= 0.3 is 0 Å². The second-order valence-electron chi connectivity index (χ2n) is 15.5. The van der Waals surface area contributed by atoms with Crippen LogP contribution in [0.4, 0.5) is 17.1 Å². The average molecular weight is 658 g/mol. The van der Waals surface area contributed by atoms with Gasteiger partial charge in [0.15, 0.2) is 0 Å². The molecule has 0 N–H and O–H groups in total. The number of nitrogens with zero attached hydrogens (tertiary/aromatic N) is 1. The van der Waals surface area contributed by atoms with Crippen LogP contribution < -0.4 is 4.90 Å². The van der Waals surface area contributed by atoms with Crippen LogP contribution in [0.1, 0.15) is 61.1 Å². The predicted octanol–water partition coefficient (Wildman–Crippen LogP) is 13.7. The molecular weight excluding hydrogens is 615 g/mol. The molecule has 0 unspecified atom stereocenters. The standard InChI is InChI=1S/C50H43N/c1-32-16-14-17-33(2)47(32)40-30-35(34-18-8-7-9-19-34)26-29-45(40)51(36-27-28-38-37-20-10-12-22-41(37)50(5,6)44(38)31-36)46-25-15-24-43-48(46)39-21-11-13-23-42(39)49(43,3)4/h7-31H,1-6H3. The number of benzene rings is 7. The highest BCUT2D eigenvalue weighted by Gasteiger charge is 2.39. The normalized spacial score (nSPS) is 14.4. The number of hydrogen-bond donors (Lipinski definition) is 0. The minimum atomic E-state index is -0.118. The summed E-state index contributed by atoms with van der Waals surface area (Å²) in [6, 6.07) is 56.6. The highest BCUT2D eigenvalue weighted by atomic mass is 15.1. The average Bonchev–Trinajstić information content (AvgIpc) is 3.52. The van der Waals surface area contributed by atoms with Crippen molar-refractivity contribution < 1.29 is 0 Å². The third-order valence-electron chi connectivity index (χ3n) is 11.7. The molecule has 7 aromatic rings. The maximum Gasteiger partial charge on any atom is 0.0543 e. The first-order valence-electron chi connectivity index (χ1n) is 18.2. The third-order valence-corrected chi connectivity index (χ3v) is 11.7. The van der Waals surface area contributed by atoms with E-state index in [1.165, 1.54) is 95.0 Å². The second-order valence-corrected chi connectivity index (χ2v) is 15.5. The summed E-state index contributed by atoms with van der Waals surface area (Å²) in [5.41, 5.74) is 21.7. The number of anilines is 3. The summed E-state index contributed by atoms with van der Waals surface area (Å²) >= 11 is 0. The SMILES string of the molecule is Cc1cccc(C)c1-c1cc(-c2ccccc2)ccc1N(c1ccc2c(c1)C(C)(C)c1ccccc1-2)c1cccc2c1-c1ccccc1C2(C)C. The molecule has 0 aromatic heterocycles. The van der Waals surface area contributed by atoms with Gasteiger partial charge in [-0.05, 0) is 111 Å². The van der Waals surface area contributed by atoms with Gasteiger partial charge in [-0.25, -0.2) is 0 Å². The Kier molecular flexibility index (Phi) is 7.03. The Hall–Kier alpha value is -5.66. The quantitative estimate of drug-likeness (QED) is 0.178. The topological polar surface area (TPSA) is 3.24 Å². The summed E-state index contributed by atoms with van der Waals surface area (Å²) in [6.07, 6.45) is 0. The summed E-state index contributed by atoms with van der Waals surface area (Å²) in [5, 5.41) is 0. The Labute approximate surface area is 302 Å². The van der Waals surface area contributed by atoms with Gasteiger partial charge in [0.2, 0.25) is 0 Å². The van der Waals surface area contributed by atoms with Gasteiger partial charge in [-0.1, -0.05) is 149 Å². The maximum atomic E-state index is 2.56. The summed E-state index contributed by atoms with van der Waals surface area (Å²) in [6.45, 7) is 14.0. The van der Waals surface area contributed by atoms with E-state index in [-0.39, 0.29) is 10.8 Å². The lowest BCUT2D eigenvalue weighted by molar-refractivity contribution is 0.660. The van der Waals surface area contributed by atoms with Crippen molar-refractivity contribution in [3.8, 4) is 44.5 Å².